The number of carbonyl (C=O) groups excluding carboxylic acids is 1. The van der Waals surface area contributed by atoms with Crippen LogP contribution in [0.2, 0.25) is 0 Å². The quantitative estimate of drug-likeness (QED) is 0.570. The highest BCUT2D eigenvalue weighted by Crippen LogP contribution is 2.16. The minimum atomic E-state index is -0.304. The van der Waals surface area contributed by atoms with Crippen LogP contribution >= 0.6 is 12.2 Å². The van der Waals surface area contributed by atoms with Gasteiger partial charge in [0.05, 0.1) is 13.7 Å². The number of thiocarbonyl (C=S) groups is 1. The number of amides is 1. The number of nitrogens with one attached hydrogen (secondary N) is 2. The fraction of sp³-hybridized carbons (Fsp3) is 0.200. The predicted octanol–water partition coefficient (Wildman–Crippen LogP) is 4.01. The molecule has 0 unspecified atom stereocenters. The minimum Gasteiger partial charge on any atom is -0.497 e. The molecule has 0 heterocycles. The van der Waals surface area contributed by atoms with Gasteiger partial charge in [-0.15, -0.1) is 0 Å². The Morgan fingerprint density at radius 3 is 2.35 bits per heavy atom. The average Bonchev–Trinajstić information content (AvgIpc) is 2.66. The first kappa shape index (κ1) is 19.5. The molecule has 0 fully saturated rings. The lowest BCUT2D eigenvalue weighted by atomic mass is 10.2. The van der Waals surface area contributed by atoms with E-state index in [0.717, 1.165) is 29.2 Å². The highest BCUT2D eigenvalue weighted by atomic mass is 32.1. The molecule has 0 radical (unpaired) electrons. The van der Waals surface area contributed by atoms with Crippen molar-refractivity contribution in [1.82, 2.24) is 5.32 Å². The molecule has 0 aliphatic rings. The predicted molar refractivity (Wildman–Crippen MR) is 109 cm³/mol. The van der Waals surface area contributed by atoms with Crippen LogP contribution in [0.4, 0.5) is 5.69 Å². The molecule has 0 aliphatic heterocycles. The Hall–Kier alpha value is -2.86. The second kappa shape index (κ2) is 10.2. The fourth-order valence-electron chi connectivity index (χ4n) is 2.06. The number of anilines is 1. The largest absolute Gasteiger partial charge is 0.497 e. The molecule has 0 aliphatic carbocycles. The molecule has 26 heavy (non-hydrogen) atoms. The van der Waals surface area contributed by atoms with Crippen molar-refractivity contribution in [3.05, 3.63) is 60.2 Å². The number of hydrogen-bond donors (Lipinski definition) is 2. The number of hydrogen-bond acceptors (Lipinski definition) is 4. The number of benzene rings is 2. The Morgan fingerprint density at radius 2 is 1.73 bits per heavy atom. The van der Waals surface area contributed by atoms with Crippen molar-refractivity contribution in [2.75, 3.05) is 19.0 Å². The van der Waals surface area contributed by atoms with Gasteiger partial charge in [0, 0.05) is 11.8 Å². The van der Waals surface area contributed by atoms with Gasteiger partial charge in [0.25, 0.3) is 0 Å². The highest BCUT2D eigenvalue weighted by molar-refractivity contribution is 7.80. The zero-order valence-corrected chi connectivity index (χ0v) is 15.6. The Morgan fingerprint density at radius 1 is 1.08 bits per heavy atom. The first-order valence-corrected chi connectivity index (χ1v) is 8.68. The third-order valence-corrected chi connectivity index (χ3v) is 3.57. The lowest BCUT2D eigenvalue weighted by Gasteiger charge is -2.09. The Kier molecular flexibility index (Phi) is 7.64. The van der Waals surface area contributed by atoms with Gasteiger partial charge in [0.1, 0.15) is 11.5 Å². The zero-order chi connectivity index (χ0) is 18.8. The van der Waals surface area contributed by atoms with E-state index >= 15 is 0 Å². The van der Waals surface area contributed by atoms with Gasteiger partial charge in [0.15, 0.2) is 5.11 Å². The molecule has 2 N–H and O–H groups in total. The smallest absolute Gasteiger partial charge is 0.250 e. The van der Waals surface area contributed by atoms with Crippen molar-refractivity contribution in [3.8, 4) is 11.5 Å². The third kappa shape index (κ3) is 6.57. The van der Waals surface area contributed by atoms with E-state index < -0.39 is 0 Å². The Balaban J connectivity index is 1.82. The summed E-state index contributed by atoms with van der Waals surface area (Å²) in [6, 6.07) is 14.8. The molecule has 5 nitrogen and oxygen atoms in total. The molecule has 2 aromatic carbocycles. The lowest BCUT2D eigenvalue weighted by Crippen LogP contribution is -2.32. The maximum Gasteiger partial charge on any atom is 0.250 e. The molecule has 2 aromatic rings. The van der Waals surface area contributed by atoms with E-state index in [0.29, 0.717) is 6.61 Å². The van der Waals surface area contributed by atoms with E-state index in [1.165, 1.54) is 6.08 Å². The number of ether oxygens (including phenoxy) is 2. The van der Waals surface area contributed by atoms with Crippen LogP contribution in [0.3, 0.4) is 0 Å². The normalized spacial score (nSPS) is 10.4. The molecule has 0 saturated heterocycles. The second-order valence-electron chi connectivity index (χ2n) is 5.42. The molecular weight excluding hydrogens is 348 g/mol. The summed E-state index contributed by atoms with van der Waals surface area (Å²) in [5, 5.41) is 5.80. The van der Waals surface area contributed by atoms with Crippen LogP contribution in [0.15, 0.2) is 54.6 Å². The van der Waals surface area contributed by atoms with Crippen molar-refractivity contribution >= 4 is 35.0 Å². The van der Waals surface area contributed by atoms with E-state index in [9.17, 15) is 4.79 Å². The molecular formula is C20H22N2O3S. The maximum atomic E-state index is 11.9. The van der Waals surface area contributed by atoms with Crippen molar-refractivity contribution in [3.63, 3.8) is 0 Å². The van der Waals surface area contributed by atoms with E-state index in [2.05, 4.69) is 17.6 Å². The maximum absolute atomic E-state index is 11.9. The van der Waals surface area contributed by atoms with E-state index in [1.54, 1.807) is 13.2 Å². The molecule has 6 heteroatoms. The molecule has 136 valence electrons. The fourth-order valence-corrected chi connectivity index (χ4v) is 2.28. The number of methoxy groups -OCH3 is 1. The Labute approximate surface area is 159 Å². The van der Waals surface area contributed by atoms with Crippen molar-refractivity contribution in [2.24, 2.45) is 0 Å². The number of carbonyl (C=O) groups is 1. The minimum absolute atomic E-state index is 0.233. The van der Waals surface area contributed by atoms with Crippen LogP contribution in [0, 0.1) is 0 Å². The van der Waals surface area contributed by atoms with Gasteiger partial charge in [-0.3, -0.25) is 10.1 Å². The van der Waals surface area contributed by atoms with Gasteiger partial charge in [-0.2, -0.15) is 0 Å². The van der Waals surface area contributed by atoms with Gasteiger partial charge in [0.2, 0.25) is 5.91 Å². The standard InChI is InChI=1S/C20H22N2O3S/c1-3-14-25-18-11-7-16(8-12-18)21-20(26)22-19(23)13-6-15-4-9-17(24-2)10-5-15/h4-13H,3,14H2,1-2H3,(H2,21,22,23,26)/b13-6+. The van der Waals surface area contributed by atoms with Crippen LogP contribution in [0.25, 0.3) is 6.08 Å². The summed E-state index contributed by atoms with van der Waals surface area (Å²) < 4.78 is 10.6. The number of rotatable bonds is 7. The second-order valence-corrected chi connectivity index (χ2v) is 5.83. The van der Waals surface area contributed by atoms with Crippen LogP contribution < -0.4 is 20.1 Å². The van der Waals surface area contributed by atoms with Gasteiger partial charge >= 0.3 is 0 Å². The molecule has 0 spiro atoms. The Bertz CT molecular complexity index is 756. The van der Waals surface area contributed by atoms with Crippen LogP contribution in [-0.2, 0) is 4.79 Å². The molecule has 0 aromatic heterocycles. The average molecular weight is 370 g/mol. The van der Waals surface area contributed by atoms with Crippen LogP contribution in [-0.4, -0.2) is 24.7 Å². The van der Waals surface area contributed by atoms with Crippen LogP contribution in [0.5, 0.6) is 11.5 Å². The summed E-state index contributed by atoms with van der Waals surface area (Å²) in [7, 11) is 1.61. The van der Waals surface area contributed by atoms with Gasteiger partial charge < -0.3 is 14.8 Å². The van der Waals surface area contributed by atoms with Crippen molar-refractivity contribution < 1.29 is 14.3 Å². The van der Waals surface area contributed by atoms with Crippen LogP contribution in [0.1, 0.15) is 18.9 Å². The summed E-state index contributed by atoms with van der Waals surface area (Å²) in [5.41, 5.74) is 1.67. The SMILES string of the molecule is CCCOc1ccc(NC(=S)NC(=O)/C=C/c2ccc(OC)cc2)cc1. The third-order valence-electron chi connectivity index (χ3n) is 3.36. The molecule has 0 atom stereocenters. The summed E-state index contributed by atoms with van der Waals surface area (Å²) in [6.45, 7) is 2.74. The lowest BCUT2D eigenvalue weighted by molar-refractivity contribution is -0.115. The zero-order valence-electron chi connectivity index (χ0n) is 14.8. The van der Waals surface area contributed by atoms with Crippen molar-refractivity contribution in [2.45, 2.75) is 13.3 Å². The summed E-state index contributed by atoms with van der Waals surface area (Å²) >= 11 is 5.15. The van der Waals surface area contributed by atoms with Crippen molar-refractivity contribution in [1.29, 1.82) is 0 Å². The van der Waals surface area contributed by atoms with E-state index in [4.69, 9.17) is 21.7 Å². The van der Waals surface area contributed by atoms with Gasteiger partial charge in [-0.1, -0.05) is 19.1 Å². The topological polar surface area (TPSA) is 59.6 Å². The molecule has 0 bridgehead atoms. The highest BCUT2D eigenvalue weighted by Gasteiger charge is 2.02. The molecule has 2 rings (SSSR count). The first-order chi connectivity index (χ1) is 12.6. The molecule has 1 amide bonds. The molecule has 0 saturated carbocycles. The van der Waals surface area contributed by atoms with E-state index in [-0.39, 0.29) is 11.0 Å². The van der Waals surface area contributed by atoms with E-state index in [1.807, 2.05) is 48.5 Å². The van der Waals surface area contributed by atoms with Gasteiger partial charge in [-0.25, -0.2) is 0 Å². The first-order valence-electron chi connectivity index (χ1n) is 8.27. The summed E-state index contributed by atoms with van der Waals surface area (Å²) in [5.74, 6) is 1.26. The summed E-state index contributed by atoms with van der Waals surface area (Å²) in [6.07, 6.45) is 4.09. The summed E-state index contributed by atoms with van der Waals surface area (Å²) in [4.78, 5) is 11.9. The monoisotopic (exact) mass is 370 g/mol. The van der Waals surface area contributed by atoms with Gasteiger partial charge in [-0.05, 0) is 66.7 Å².